The number of carbonyl (C=O) groups is 1. The molecule has 0 spiro atoms. The van der Waals surface area contributed by atoms with E-state index in [-0.39, 0.29) is 12.0 Å². The average Bonchev–Trinajstić information content (AvgIpc) is 2.65. The second-order valence-electron chi connectivity index (χ2n) is 3.56. The molecule has 1 aliphatic rings. The van der Waals surface area contributed by atoms with Crippen LogP contribution in [0.15, 0.2) is 6.20 Å². The molecule has 0 saturated carbocycles. The lowest BCUT2D eigenvalue weighted by atomic mass is 9.96. The summed E-state index contributed by atoms with van der Waals surface area (Å²) in [6.07, 6.45) is 4.24. The Morgan fingerprint density at radius 1 is 1.71 bits per heavy atom. The van der Waals surface area contributed by atoms with Crippen LogP contribution in [0.2, 0.25) is 0 Å². The summed E-state index contributed by atoms with van der Waals surface area (Å²) in [5.41, 5.74) is 0.941. The van der Waals surface area contributed by atoms with Gasteiger partial charge in [-0.15, -0.1) is 5.10 Å². The Kier molecular flexibility index (Phi) is 2.58. The zero-order valence-electron chi connectivity index (χ0n) is 8.09. The fourth-order valence-corrected chi connectivity index (χ4v) is 1.74. The number of ether oxygens (including phenoxy) is 1. The van der Waals surface area contributed by atoms with E-state index in [1.807, 2.05) is 7.05 Å². The second kappa shape index (κ2) is 3.88. The molecule has 0 aromatic carbocycles. The Bertz CT molecular complexity index is 324. The van der Waals surface area contributed by atoms with Gasteiger partial charge in [-0.25, -0.2) is 4.68 Å². The summed E-state index contributed by atoms with van der Waals surface area (Å²) >= 11 is 0. The molecular formula is C9H13N3O2. The highest BCUT2D eigenvalue weighted by atomic mass is 16.5. The SMILES string of the molecule is Cn1nncc1C1CC(C=O)CCO1. The van der Waals surface area contributed by atoms with Crippen molar-refractivity contribution in [1.29, 1.82) is 0 Å². The van der Waals surface area contributed by atoms with Crippen LogP contribution >= 0.6 is 0 Å². The molecule has 2 rings (SSSR count). The highest BCUT2D eigenvalue weighted by molar-refractivity contribution is 5.53. The molecular weight excluding hydrogens is 182 g/mol. The molecule has 14 heavy (non-hydrogen) atoms. The van der Waals surface area contributed by atoms with Crippen molar-refractivity contribution in [2.45, 2.75) is 18.9 Å². The van der Waals surface area contributed by atoms with E-state index >= 15 is 0 Å². The smallest absolute Gasteiger partial charge is 0.123 e. The molecule has 76 valence electrons. The number of aldehydes is 1. The predicted octanol–water partition coefficient (Wildman–Crippen LogP) is 0.482. The van der Waals surface area contributed by atoms with Crippen molar-refractivity contribution in [1.82, 2.24) is 15.0 Å². The van der Waals surface area contributed by atoms with Crippen molar-refractivity contribution in [3.8, 4) is 0 Å². The van der Waals surface area contributed by atoms with Crippen LogP contribution in [0.3, 0.4) is 0 Å². The molecule has 1 aliphatic heterocycles. The minimum atomic E-state index is -0.0288. The van der Waals surface area contributed by atoms with Crippen LogP contribution in [-0.2, 0) is 16.6 Å². The summed E-state index contributed by atoms with van der Waals surface area (Å²) in [5, 5.41) is 7.63. The lowest BCUT2D eigenvalue weighted by Gasteiger charge is -2.25. The average molecular weight is 195 g/mol. The molecule has 5 nitrogen and oxygen atoms in total. The van der Waals surface area contributed by atoms with Gasteiger partial charge in [0.15, 0.2) is 0 Å². The van der Waals surface area contributed by atoms with E-state index < -0.39 is 0 Å². The Morgan fingerprint density at radius 3 is 3.21 bits per heavy atom. The Hall–Kier alpha value is -1.23. The molecule has 0 amide bonds. The molecule has 0 N–H and O–H groups in total. The number of nitrogens with zero attached hydrogens (tertiary/aromatic N) is 3. The maximum absolute atomic E-state index is 10.7. The Balaban J connectivity index is 2.11. The third kappa shape index (κ3) is 1.68. The van der Waals surface area contributed by atoms with E-state index in [0.29, 0.717) is 6.61 Å². The van der Waals surface area contributed by atoms with Crippen molar-refractivity contribution < 1.29 is 9.53 Å². The molecule has 1 aromatic heterocycles. The number of hydrogen-bond donors (Lipinski definition) is 0. The molecule has 5 heteroatoms. The third-order valence-corrected chi connectivity index (χ3v) is 2.60. The number of aryl methyl sites for hydroxylation is 1. The number of aromatic nitrogens is 3. The van der Waals surface area contributed by atoms with E-state index in [4.69, 9.17) is 4.74 Å². The first-order valence-electron chi connectivity index (χ1n) is 4.72. The van der Waals surface area contributed by atoms with Crippen LogP contribution in [0, 0.1) is 5.92 Å². The standard InChI is InChI=1S/C9H13N3O2/c1-12-8(5-10-11-12)9-4-7(6-13)2-3-14-9/h5-7,9H,2-4H2,1H3. The number of hydrogen-bond acceptors (Lipinski definition) is 4. The van der Waals surface area contributed by atoms with Gasteiger partial charge < -0.3 is 9.53 Å². The van der Waals surface area contributed by atoms with Crippen LogP contribution < -0.4 is 0 Å². The van der Waals surface area contributed by atoms with Gasteiger partial charge in [0.2, 0.25) is 0 Å². The number of rotatable bonds is 2. The zero-order valence-corrected chi connectivity index (χ0v) is 8.09. The van der Waals surface area contributed by atoms with Gasteiger partial charge in [-0.1, -0.05) is 5.21 Å². The van der Waals surface area contributed by atoms with Crippen molar-refractivity contribution in [2.24, 2.45) is 13.0 Å². The highest BCUT2D eigenvalue weighted by Crippen LogP contribution is 2.29. The maximum atomic E-state index is 10.7. The molecule has 0 bridgehead atoms. The number of carbonyl (C=O) groups excluding carboxylic acids is 1. The normalized spacial score (nSPS) is 27.5. The van der Waals surface area contributed by atoms with Crippen molar-refractivity contribution in [3.63, 3.8) is 0 Å². The summed E-state index contributed by atoms with van der Waals surface area (Å²) in [6.45, 7) is 0.638. The Labute approximate surface area is 82.1 Å². The monoisotopic (exact) mass is 195 g/mol. The first kappa shape index (κ1) is 9.33. The van der Waals surface area contributed by atoms with Gasteiger partial charge in [0.25, 0.3) is 0 Å². The van der Waals surface area contributed by atoms with Crippen molar-refractivity contribution in [2.75, 3.05) is 6.61 Å². The Morgan fingerprint density at radius 2 is 2.57 bits per heavy atom. The first-order chi connectivity index (χ1) is 6.81. The van der Waals surface area contributed by atoms with E-state index in [0.717, 1.165) is 24.8 Å². The predicted molar refractivity (Wildman–Crippen MR) is 48.5 cm³/mol. The van der Waals surface area contributed by atoms with Crippen LogP contribution in [0.25, 0.3) is 0 Å². The molecule has 1 aromatic rings. The molecule has 0 aliphatic carbocycles. The highest BCUT2D eigenvalue weighted by Gasteiger charge is 2.25. The largest absolute Gasteiger partial charge is 0.372 e. The van der Waals surface area contributed by atoms with Crippen LogP contribution in [0.5, 0.6) is 0 Å². The van der Waals surface area contributed by atoms with Crippen LogP contribution in [0.1, 0.15) is 24.6 Å². The van der Waals surface area contributed by atoms with E-state index in [1.54, 1.807) is 10.9 Å². The summed E-state index contributed by atoms with van der Waals surface area (Å²) in [7, 11) is 1.83. The molecule has 2 heterocycles. The van der Waals surface area contributed by atoms with Gasteiger partial charge >= 0.3 is 0 Å². The molecule has 2 atom stereocenters. The summed E-state index contributed by atoms with van der Waals surface area (Å²) in [4.78, 5) is 10.7. The summed E-state index contributed by atoms with van der Waals surface area (Å²) in [5.74, 6) is 0.114. The molecule has 0 radical (unpaired) electrons. The third-order valence-electron chi connectivity index (χ3n) is 2.60. The fraction of sp³-hybridized carbons (Fsp3) is 0.667. The lowest BCUT2D eigenvalue weighted by Crippen LogP contribution is -2.22. The minimum Gasteiger partial charge on any atom is -0.372 e. The lowest BCUT2D eigenvalue weighted by molar-refractivity contribution is -0.116. The topological polar surface area (TPSA) is 57.0 Å². The van der Waals surface area contributed by atoms with Crippen molar-refractivity contribution in [3.05, 3.63) is 11.9 Å². The summed E-state index contributed by atoms with van der Waals surface area (Å²) < 4.78 is 7.27. The molecule has 1 saturated heterocycles. The van der Waals surface area contributed by atoms with Crippen LogP contribution in [-0.4, -0.2) is 27.9 Å². The zero-order chi connectivity index (χ0) is 9.97. The molecule has 1 fully saturated rings. The van der Waals surface area contributed by atoms with Gasteiger partial charge in [0, 0.05) is 19.6 Å². The van der Waals surface area contributed by atoms with E-state index in [2.05, 4.69) is 10.3 Å². The van der Waals surface area contributed by atoms with Crippen molar-refractivity contribution >= 4 is 6.29 Å². The fourth-order valence-electron chi connectivity index (χ4n) is 1.74. The van der Waals surface area contributed by atoms with E-state index in [9.17, 15) is 4.79 Å². The molecule has 2 unspecified atom stereocenters. The maximum Gasteiger partial charge on any atom is 0.123 e. The van der Waals surface area contributed by atoms with Crippen LogP contribution in [0.4, 0.5) is 0 Å². The minimum absolute atomic E-state index is 0.0288. The van der Waals surface area contributed by atoms with Gasteiger partial charge in [-0.05, 0) is 12.8 Å². The van der Waals surface area contributed by atoms with Gasteiger partial charge in [-0.2, -0.15) is 0 Å². The van der Waals surface area contributed by atoms with Gasteiger partial charge in [0.05, 0.1) is 11.9 Å². The van der Waals surface area contributed by atoms with Gasteiger partial charge in [-0.3, -0.25) is 0 Å². The quantitative estimate of drug-likeness (QED) is 0.644. The van der Waals surface area contributed by atoms with Gasteiger partial charge in [0.1, 0.15) is 12.4 Å². The second-order valence-corrected chi connectivity index (χ2v) is 3.56. The summed E-state index contributed by atoms with van der Waals surface area (Å²) in [6, 6.07) is 0. The first-order valence-corrected chi connectivity index (χ1v) is 4.72. The van der Waals surface area contributed by atoms with E-state index in [1.165, 1.54) is 0 Å².